The van der Waals surface area contributed by atoms with E-state index in [1.807, 2.05) is 0 Å². The largest absolute Gasteiger partial charge is 0.495 e. The highest BCUT2D eigenvalue weighted by Crippen LogP contribution is 2.47. The molecule has 3 fully saturated rings. The summed E-state index contributed by atoms with van der Waals surface area (Å²) in [6.07, 6.45) is 12.2. The zero-order valence-electron chi connectivity index (χ0n) is 19.4. The van der Waals surface area contributed by atoms with E-state index in [0.29, 0.717) is 24.0 Å². The number of rotatable bonds is 6. The monoisotopic (exact) mass is 450 g/mol. The first-order valence-corrected chi connectivity index (χ1v) is 12.8. The van der Waals surface area contributed by atoms with Crippen molar-refractivity contribution in [2.45, 2.75) is 95.9 Å². The summed E-state index contributed by atoms with van der Waals surface area (Å²) in [5, 5.41) is 10.4. The lowest BCUT2D eigenvalue weighted by Gasteiger charge is -2.43. The quantitative estimate of drug-likeness (QED) is 0.474. The van der Waals surface area contributed by atoms with Gasteiger partial charge in [0, 0.05) is 5.92 Å². The minimum Gasteiger partial charge on any atom is -0.495 e. The zero-order valence-corrected chi connectivity index (χ0v) is 19.4. The molecule has 0 aromatic heterocycles. The Bertz CT molecular complexity index is 689. The van der Waals surface area contributed by atoms with E-state index >= 15 is 0 Å². The second kappa shape index (κ2) is 10.8. The van der Waals surface area contributed by atoms with Crippen LogP contribution in [-0.4, -0.2) is 36.5 Å². The summed E-state index contributed by atoms with van der Waals surface area (Å²) in [6.45, 7) is 5.93. The third-order valence-electron chi connectivity index (χ3n) is 8.66. The Morgan fingerprint density at radius 3 is 2.16 bits per heavy atom. The molecule has 180 valence electrons. The number of hydrogen-bond acceptors (Lipinski definition) is 3. The van der Waals surface area contributed by atoms with E-state index in [4.69, 9.17) is 9.47 Å². The molecule has 32 heavy (non-hydrogen) atoms. The minimum atomic E-state index is -1.66. The predicted molar refractivity (Wildman–Crippen MR) is 122 cm³/mol. The lowest BCUT2D eigenvalue weighted by molar-refractivity contribution is -0.195. The van der Waals surface area contributed by atoms with Crippen LogP contribution in [0.3, 0.4) is 0 Å². The van der Waals surface area contributed by atoms with Crippen LogP contribution in [0.15, 0.2) is 36.1 Å². The molecule has 0 aromatic rings. The van der Waals surface area contributed by atoms with E-state index in [2.05, 4.69) is 6.58 Å². The Morgan fingerprint density at radius 1 is 0.938 bits per heavy atom. The van der Waals surface area contributed by atoms with Crippen molar-refractivity contribution in [3.8, 4) is 0 Å². The van der Waals surface area contributed by atoms with Crippen molar-refractivity contribution in [1.82, 2.24) is 0 Å². The Labute approximate surface area is 191 Å². The van der Waals surface area contributed by atoms with E-state index in [1.54, 1.807) is 25.2 Å². The summed E-state index contributed by atoms with van der Waals surface area (Å²) in [7, 11) is 0. The molecule has 0 amide bonds. The van der Waals surface area contributed by atoms with Gasteiger partial charge in [-0.25, -0.2) is 8.78 Å². The van der Waals surface area contributed by atoms with Crippen LogP contribution in [0.1, 0.15) is 71.1 Å². The van der Waals surface area contributed by atoms with Gasteiger partial charge in [0.25, 0.3) is 0 Å². The molecule has 1 N–H and O–H groups in total. The average Bonchev–Trinajstić information content (AvgIpc) is 2.82. The van der Waals surface area contributed by atoms with Gasteiger partial charge in [-0.1, -0.05) is 12.2 Å². The van der Waals surface area contributed by atoms with Crippen LogP contribution in [0, 0.1) is 29.6 Å². The number of ether oxygens (including phenoxy) is 2. The highest BCUT2D eigenvalue weighted by atomic mass is 19.2. The number of hydrogen-bond donors (Lipinski definition) is 1. The van der Waals surface area contributed by atoms with Crippen LogP contribution in [0.5, 0.6) is 0 Å². The number of aliphatic hydroxyl groups excluding tert-OH is 1. The SMILES string of the molecule is C=CC1CCC(C2CCC(C3CCC(C4=CC=C(OCC)C(F)C4F)CC3)CC2)C(O)O1. The smallest absolute Gasteiger partial charge is 0.192 e. The molecular weight excluding hydrogens is 410 g/mol. The Morgan fingerprint density at radius 2 is 1.56 bits per heavy atom. The molecule has 1 saturated heterocycles. The van der Waals surface area contributed by atoms with Crippen molar-refractivity contribution in [3.05, 3.63) is 36.1 Å². The van der Waals surface area contributed by atoms with Crippen LogP contribution >= 0.6 is 0 Å². The molecule has 4 aliphatic rings. The van der Waals surface area contributed by atoms with E-state index in [1.165, 1.54) is 25.7 Å². The summed E-state index contributed by atoms with van der Waals surface area (Å²) >= 11 is 0. The third kappa shape index (κ3) is 5.14. The fourth-order valence-electron chi connectivity index (χ4n) is 6.79. The number of halogens is 2. The zero-order chi connectivity index (χ0) is 22.7. The summed E-state index contributed by atoms with van der Waals surface area (Å²) in [6, 6.07) is 0. The molecule has 5 heteroatoms. The van der Waals surface area contributed by atoms with Crippen molar-refractivity contribution in [2.24, 2.45) is 29.6 Å². The molecule has 3 nitrogen and oxygen atoms in total. The topological polar surface area (TPSA) is 38.7 Å². The van der Waals surface area contributed by atoms with Crippen molar-refractivity contribution >= 4 is 0 Å². The summed E-state index contributed by atoms with van der Waals surface area (Å²) in [5.41, 5.74) is 0.632. The van der Waals surface area contributed by atoms with Gasteiger partial charge in [0.05, 0.1) is 12.7 Å². The van der Waals surface area contributed by atoms with Gasteiger partial charge >= 0.3 is 0 Å². The van der Waals surface area contributed by atoms with Crippen molar-refractivity contribution in [1.29, 1.82) is 0 Å². The van der Waals surface area contributed by atoms with Crippen molar-refractivity contribution < 1.29 is 23.4 Å². The fourth-order valence-corrected chi connectivity index (χ4v) is 6.79. The second-order valence-corrected chi connectivity index (χ2v) is 10.3. The predicted octanol–water partition coefficient (Wildman–Crippen LogP) is 6.44. The van der Waals surface area contributed by atoms with Crippen LogP contribution in [0.25, 0.3) is 0 Å². The van der Waals surface area contributed by atoms with Gasteiger partial charge in [-0.3, -0.25) is 0 Å². The molecule has 0 radical (unpaired) electrons. The standard InChI is InChI=1S/C27H40F2O3/c1-3-21-13-14-23(27(30)32-21)20-11-7-18(8-12-20)17-5-9-19(10-6-17)22-15-16-24(31-4-2)26(29)25(22)28/h3,15-21,23,25-27,30H,1,4-14H2,2H3. The molecule has 3 aliphatic carbocycles. The first-order valence-electron chi connectivity index (χ1n) is 12.8. The molecule has 1 aliphatic heterocycles. The van der Waals surface area contributed by atoms with Crippen molar-refractivity contribution in [2.75, 3.05) is 6.61 Å². The van der Waals surface area contributed by atoms with E-state index in [9.17, 15) is 13.9 Å². The highest BCUT2D eigenvalue weighted by Gasteiger charge is 2.40. The first kappa shape index (κ1) is 23.9. The molecule has 5 unspecified atom stereocenters. The lowest BCUT2D eigenvalue weighted by Crippen LogP contribution is -2.40. The summed E-state index contributed by atoms with van der Waals surface area (Å²) in [4.78, 5) is 0. The van der Waals surface area contributed by atoms with E-state index < -0.39 is 18.6 Å². The average molecular weight is 451 g/mol. The van der Waals surface area contributed by atoms with Gasteiger partial charge in [0.15, 0.2) is 18.6 Å². The normalized spacial score (nSPS) is 43.2. The maximum absolute atomic E-state index is 14.7. The summed E-state index contributed by atoms with van der Waals surface area (Å²) in [5.74, 6) is 2.52. The molecule has 0 bridgehead atoms. The number of aliphatic hydroxyl groups is 1. The molecule has 5 atom stereocenters. The van der Waals surface area contributed by atoms with Gasteiger partial charge in [-0.2, -0.15) is 0 Å². The molecule has 0 spiro atoms. The Kier molecular flexibility index (Phi) is 8.09. The van der Waals surface area contributed by atoms with Gasteiger partial charge < -0.3 is 14.6 Å². The molecule has 0 aromatic carbocycles. The van der Waals surface area contributed by atoms with Gasteiger partial charge in [0.1, 0.15) is 5.76 Å². The van der Waals surface area contributed by atoms with Gasteiger partial charge in [-0.05, 0) is 106 Å². The second-order valence-electron chi connectivity index (χ2n) is 10.3. The van der Waals surface area contributed by atoms with Gasteiger partial charge in [0.2, 0.25) is 0 Å². The maximum atomic E-state index is 14.7. The van der Waals surface area contributed by atoms with Crippen LogP contribution < -0.4 is 0 Å². The first-order chi connectivity index (χ1) is 15.5. The van der Waals surface area contributed by atoms with E-state index in [-0.39, 0.29) is 23.7 Å². The molecule has 2 saturated carbocycles. The number of allylic oxidation sites excluding steroid dienone is 4. The minimum absolute atomic E-state index is 0.00936. The maximum Gasteiger partial charge on any atom is 0.192 e. The van der Waals surface area contributed by atoms with Gasteiger partial charge in [-0.15, -0.1) is 6.58 Å². The van der Waals surface area contributed by atoms with Crippen LogP contribution in [-0.2, 0) is 9.47 Å². The van der Waals surface area contributed by atoms with Crippen LogP contribution in [0.4, 0.5) is 8.78 Å². The Balaban J connectivity index is 1.25. The number of alkyl halides is 2. The molecular formula is C27H40F2O3. The van der Waals surface area contributed by atoms with Crippen LogP contribution in [0.2, 0.25) is 0 Å². The lowest BCUT2D eigenvalue weighted by atomic mass is 9.65. The molecule has 4 rings (SSSR count). The highest BCUT2D eigenvalue weighted by molar-refractivity contribution is 5.31. The fraction of sp³-hybridized carbons (Fsp3) is 0.778. The third-order valence-corrected chi connectivity index (χ3v) is 8.66. The van der Waals surface area contributed by atoms with E-state index in [0.717, 1.165) is 44.4 Å². The van der Waals surface area contributed by atoms with Crippen molar-refractivity contribution in [3.63, 3.8) is 0 Å². The molecule has 1 heterocycles. The summed E-state index contributed by atoms with van der Waals surface area (Å²) < 4.78 is 40.1. The Hall–Kier alpha value is -1.20.